The molecule has 3 aromatic rings. The molecule has 9 heteroatoms. The van der Waals surface area contributed by atoms with E-state index in [2.05, 4.69) is 20.1 Å². The lowest BCUT2D eigenvalue weighted by atomic mass is 10.2. The third kappa shape index (κ3) is 3.20. The largest absolute Gasteiger partial charge is 0.435 e. The van der Waals surface area contributed by atoms with Crippen molar-refractivity contribution in [2.75, 3.05) is 5.32 Å². The fourth-order valence-electron chi connectivity index (χ4n) is 2.37. The van der Waals surface area contributed by atoms with Gasteiger partial charge in [0.2, 0.25) is 0 Å². The molecule has 1 amide bonds. The van der Waals surface area contributed by atoms with Gasteiger partial charge in [-0.05, 0) is 18.2 Å². The first kappa shape index (κ1) is 15.9. The van der Waals surface area contributed by atoms with Gasteiger partial charge in [0.25, 0.3) is 5.91 Å². The minimum Gasteiger partial charge on any atom is -0.435 e. The monoisotopic (exact) mass is 335 g/mol. The Morgan fingerprint density at radius 1 is 1.46 bits per heavy atom. The number of aromatic amines is 1. The first-order valence-electron chi connectivity index (χ1n) is 7.08. The number of hydrogen-bond acceptors (Lipinski definition) is 4. The van der Waals surface area contributed by atoms with Gasteiger partial charge in [-0.3, -0.25) is 9.48 Å². The standard InChI is InChI=1S/C15H15F2N5O2/c1-22-7-9(6-18)13(21-22)20-14(23)12-4-8-2-3-10(24-15(16)17)5-11(8)19-12/h2-5,7,15,19H,6,18H2,1H3,(H,20,21,23). The van der Waals surface area contributed by atoms with Crippen molar-refractivity contribution in [3.63, 3.8) is 0 Å². The molecular weight excluding hydrogens is 320 g/mol. The molecule has 0 aliphatic rings. The minimum absolute atomic E-state index is 0.0152. The minimum atomic E-state index is -2.90. The average molecular weight is 335 g/mol. The molecule has 7 nitrogen and oxygen atoms in total. The molecule has 1 aromatic carbocycles. The quantitative estimate of drug-likeness (QED) is 0.666. The van der Waals surface area contributed by atoms with Crippen LogP contribution in [0.4, 0.5) is 14.6 Å². The van der Waals surface area contributed by atoms with E-state index in [4.69, 9.17) is 5.73 Å². The van der Waals surface area contributed by atoms with Crippen LogP contribution in [0.15, 0.2) is 30.5 Å². The highest BCUT2D eigenvalue weighted by molar-refractivity contribution is 6.05. The summed E-state index contributed by atoms with van der Waals surface area (Å²) in [5, 5.41) is 7.50. The van der Waals surface area contributed by atoms with Crippen LogP contribution >= 0.6 is 0 Å². The smallest absolute Gasteiger partial charge is 0.387 e. The number of carbonyl (C=O) groups is 1. The van der Waals surface area contributed by atoms with Crippen molar-refractivity contribution < 1.29 is 18.3 Å². The summed E-state index contributed by atoms with van der Waals surface area (Å²) in [5.41, 5.74) is 7.10. The maximum Gasteiger partial charge on any atom is 0.387 e. The molecule has 4 N–H and O–H groups in total. The van der Waals surface area contributed by atoms with Gasteiger partial charge in [-0.25, -0.2) is 0 Å². The summed E-state index contributed by atoms with van der Waals surface area (Å²) in [6, 6.07) is 6.02. The molecule has 0 bridgehead atoms. The molecule has 0 unspecified atom stereocenters. The fourth-order valence-corrected chi connectivity index (χ4v) is 2.37. The number of alkyl halides is 2. The Hall–Kier alpha value is -2.94. The summed E-state index contributed by atoms with van der Waals surface area (Å²) in [6.07, 6.45) is 1.72. The zero-order valence-corrected chi connectivity index (χ0v) is 12.7. The number of H-pyrrole nitrogens is 1. The van der Waals surface area contributed by atoms with E-state index < -0.39 is 12.5 Å². The molecule has 24 heavy (non-hydrogen) atoms. The van der Waals surface area contributed by atoms with Gasteiger partial charge in [0.1, 0.15) is 11.4 Å². The van der Waals surface area contributed by atoms with Crippen LogP contribution in [0.1, 0.15) is 16.1 Å². The predicted octanol–water partition coefficient (Wildman–Crippen LogP) is 2.21. The van der Waals surface area contributed by atoms with Crippen LogP contribution in [0, 0.1) is 0 Å². The average Bonchev–Trinajstić information content (AvgIpc) is 3.09. The van der Waals surface area contributed by atoms with Crippen LogP contribution in [0.25, 0.3) is 10.9 Å². The SMILES string of the molecule is Cn1cc(CN)c(NC(=O)c2cc3ccc(OC(F)F)cc3[nH]2)n1. The fraction of sp³-hybridized carbons (Fsp3) is 0.200. The van der Waals surface area contributed by atoms with E-state index in [1.165, 1.54) is 12.1 Å². The highest BCUT2D eigenvalue weighted by atomic mass is 19.3. The van der Waals surface area contributed by atoms with Gasteiger partial charge >= 0.3 is 6.61 Å². The molecule has 0 aliphatic carbocycles. The number of fused-ring (bicyclic) bond motifs is 1. The first-order chi connectivity index (χ1) is 11.5. The Balaban J connectivity index is 1.84. The summed E-state index contributed by atoms with van der Waals surface area (Å²) >= 11 is 0. The number of hydrogen-bond donors (Lipinski definition) is 3. The van der Waals surface area contributed by atoms with E-state index in [1.54, 1.807) is 30.1 Å². The number of rotatable bonds is 5. The second-order valence-electron chi connectivity index (χ2n) is 5.15. The molecule has 2 aromatic heterocycles. The van der Waals surface area contributed by atoms with Gasteiger partial charge < -0.3 is 20.8 Å². The van der Waals surface area contributed by atoms with E-state index in [9.17, 15) is 13.6 Å². The Kier molecular flexibility index (Phi) is 4.17. The van der Waals surface area contributed by atoms with E-state index in [0.29, 0.717) is 22.3 Å². The predicted molar refractivity (Wildman–Crippen MR) is 84.0 cm³/mol. The van der Waals surface area contributed by atoms with Gasteiger partial charge in [0, 0.05) is 42.3 Å². The lowest BCUT2D eigenvalue weighted by molar-refractivity contribution is -0.0497. The molecule has 0 aliphatic heterocycles. The highest BCUT2D eigenvalue weighted by Gasteiger charge is 2.15. The Labute approximate surface area is 135 Å². The van der Waals surface area contributed by atoms with Gasteiger partial charge in [-0.1, -0.05) is 0 Å². The van der Waals surface area contributed by atoms with Crippen molar-refractivity contribution >= 4 is 22.6 Å². The molecule has 0 saturated heterocycles. The molecule has 0 spiro atoms. The lowest BCUT2D eigenvalue weighted by Gasteiger charge is -2.03. The molecule has 126 valence electrons. The van der Waals surface area contributed by atoms with Crippen LogP contribution in [-0.4, -0.2) is 27.3 Å². The van der Waals surface area contributed by atoms with E-state index in [0.717, 1.165) is 0 Å². The molecule has 0 atom stereocenters. The van der Waals surface area contributed by atoms with E-state index in [1.807, 2.05) is 0 Å². The van der Waals surface area contributed by atoms with Crippen molar-refractivity contribution in [2.24, 2.45) is 12.8 Å². The number of anilines is 1. The normalized spacial score (nSPS) is 11.2. The van der Waals surface area contributed by atoms with Crippen molar-refractivity contribution in [3.8, 4) is 5.75 Å². The maximum atomic E-state index is 12.3. The maximum absolute atomic E-state index is 12.3. The molecule has 0 fully saturated rings. The molecule has 3 rings (SSSR count). The number of nitrogens with two attached hydrogens (primary N) is 1. The van der Waals surface area contributed by atoms with E-state index in [-0.39, 0.29) is 18.0 Å². The molecule has 0 radical (unpaired) electrons. The van der Waals surface area contributed by atoms with Crippen LogP contribution in [0.2, 0.25) is 0 Å². The number of amides is 1. The number of ether oxygens (including phenoxy) is 1. The number of aromatic nitrogens is 3. The summed E-state index contributed by atoms with van der Waals surface area (Å²) in [6.45, 7) is -2.66. The van der Waals surface area contributed by atoms with Crippen molar-refractivity contribution in [1.29, 1.82) is 0 Å². The molecule has 0 saturated carbocycles. The summed E-state index contributed by atoms with van der Waals surface area (Å²) in [7, 11) is 1.72. The number of nitrogens with zero attached hydrogens (tertiary/aromatic N) is 2. The van der Waals surface area contributed by atoms with Crippen molar-refractivity contribution in [3.05, 3.63) is 41.7 Å². The number of halogens is 2. The summed E-state index contributed by atoms with van der Waals surface area (Å²) in [4.78, 5) is 15.2. The zero-order chi connectivity index (χ0) is 17.3. The summed E-state index contributed by atoms with van der Waals surface area (Å²) in [5.74, 6) is -0.0113. The van der Waals surface area contributed by atoms with Gasteiger partial charge in [-0.2, -0.15) is 13.9 Å². The van der Waals surface area contributed by atoms with Crippen LogP contribution in [0.5, 0.6) is 5.75 Å². The number of benzene rings is 1. The van der Waals surface area contributed by atoms with Crippen LogP contribution < -0.4 is 15.8 Å². The highest BCUT2D eigenvalue weighted by Crippen LogP contribution is 2.23. The number of aryl methyl sites for hydroxylation is 1. The summed E-state index contributed by atoms with van der Waals surface area (Å²) < 4.78 is 30.4. The van der Waals surface area contributed by atoms with E-state index >= 15 is 0 Å². The second-order valence-corrected chi connectivity index (χ2v) is 5.15. The Bertz CT molecular complexity index is 887. The van der Waals surface area contributed by atoms with Crippen molar-refractivity contribution in [2.45, 2.75) is 13.2 Å². The number of carbonyl (C=O) groups excluding carboxylic acids is 1. The third-order valence-corrected chi connectivity index (χ3v) is 3.42. The molecular formula is C15H15F2N5O2. The molecule has 2 heterocycles. The van der Waals surface area contributed by atoms with Crippen LogP contribution in [0.3, 0.4) is 0 Å². The van der Waals surface area contributed by atoms with Gasteiger partial charge in [0.15, 0.2) is 5.82 Å². The first-order valence-corrected chi connectivity index (χ1v) is 7.08. The Morgan fingerprint density at radius 2 is 2.25 bits per heavy atom. The second kappa shape index (κ2) is 6.28. The van der Waals surface area contributed by atoms with Gasteiger partial charge in [-0.15, -0.1) is 0 Å². The van der Waals surface area contributed by atoms with Crippen LogP contribution in [-0.2, 0) is 13.6 Å². The van der Waals surface area contributed by atoms with Crippen molar-refractivity contribution in [1.82, 2.24) is 14.8 Å². The number of nitrogens with one attached hydrogen (secondary N) is 2. The Morgan fingerprint density at radius 3 is 2.96 bits per heavy atom. The topological polar surface area (TPSA) is 98.0 Å². The third-order valence-electron chi connectivity index (χ3n) is 3.42. The van der Waals surface area contributed by atoms with Gasteiger partial charge in [0.05, 0.1) is 0 Å². The zero-order valence-electron chi connectivity index (χ0n) is 12.7. The lowest BCUT2D eigenvalue weighted by Crippen LogP contribution is -2.14.